The summed E-state index contributed by atoms with van der Waals surface area (Å²) in [5.41, 5.74) is 7.89. The third-order valence-corrected chi connectivity index (χ3v) is 3.78. The third-order valence-electron chi connectivity index (χ3n) is 3.78. The van der Waals surface area contributed by atoms with E-state index in [1.807, 2.05) is 12.1 Å². The summed E-state index contributed by atoms with van der Waals surface area (Å²) in [6, 6.07) is 8.14. The molecule has 0 spiro atoms. The maximum absolute atomic E-state index is 5.86. The first-order valence-corrected chi connectivity index (χ1v) is 6.52. The van der Waals surface area contributed by atoms with Crippen molar-refractivity contribution in [1.29, 1.82) is 0 Å². The van der Waals surface area contributed by atoms with Gasteiger partial charge in [-0.25, -0.2) is 0 Å². The van der Waals surface area contributed by atoms with Gasteiger partial charge in [-0.3, -0.25) is 4.99 Å². The number of aliphatic imine (C=N–C) groups is 1. The van der Waals surface area contributed by atoms with Gasteiger partial charge < -0.3 is 10.6 Å². The van der Waals surface area contributed by atoms with Crippen LogP contribution in [-0.4, -0.2) is 18.9 Å². The summed E-state index contributed by atoms with van der Waals surface area (Å²) in [6.07, 6.45) is 5.32. The lowest BCUT2D eigenvalue weighted by Gasteiger charge is -2.24. The van der Waals surface area contributed by atoms with Crippen LogP contribution in [-0.2, 0) is 0 Å². The van der Waals surface area contributed by atoms with E-state index in [0.29, 0.717) is 5.92 Å². The van der Waals surface area contributed by atoms with Crippen molar-refractivity contribution in [3.8, 4) is 0 Å². The molecular weight excluding hydrogens is 210 g/mol. The fourth-order valence-corrected chi connectivity index (χ4v) is 2.95. The van der Waals surface area contributed by atoms with Crippen molar-refractivity contribution in [2.75, 3.05) is 23.7 Å². The first-order chi connectivity index (χ1) is 8.34. The molecule has 1 aliphatic carbocycles. The lowest BCUT2D eigenvalue weighted by molar-refractivity contribution is 0.719. The number of nitrogens with two attached hydrogens (primary N) is 1. The molecule has 90 valence electrons. The number of hydrogen-bond donors (Lipinski definition) is 1. The molecule has 1 saturated carbocycles. The lowest BCUT2D eigenvalue weighted by atomic mass is 10.1. The van der Waals surface area contributed by atoms with E-state index in [0.717, 1.165) is 18.8 Å². The number of benzene rings is 1. The van der Waals surface area contributed by atoms with Gasteiger partial charge in [-0.2, -0.15) is 0 Å². The van der Waals surface area contributed by atoms with E-state index >= 15 is 0 Å². The SMILES string of the molecule is Nc1cccc(N2CCN=C2C2CCCC2)c1. The van der Waals surface area contributed by atoms with Crippen LogP contribution in [0.25, 0.3) is 0 Å². The summed E-state index contributed by atoms with van der Waals surface area (Å²) >= 11 is 0. The highest BCUT2D eigenvalue weighted by Crippen LogP contribution is 2.31. The van der Waals surface area contributed by atoms with Gasteiger partial charge >= 0.3 is 0 Å². The molecular formula is C14H19N3. The molecule has 0 unspecified atom stereocenters. The van der Waals surface area contributed by atoms with Crippen molar-refractivity contribution >= 4 is 17.2 Å². The Hall–Kier alpha value is -1.51. The number of nitrogens with zero attached hydrogens (tertiary/aromatic N) is 2. The maximum atomic E-state index is 5.86. The van der Waals surface area contributed by atoms with Crippen LogP contribution in [0.3, 0.4) is 0 Å². The molecule has 0 atom stereocenters. The predicted octanol–water partition coefficient (Wildman–Crippen LogP) is 2.68. The summed E-state index contributed by atoms with van der Waals surface area (Å²) in [6.45, 7) is 1.94. The highest BCUT2D eigenvalue weighted by atomic mass is 15.2. The largest absolute Gasteiger partial charge is 0.399 e. The van der Waals surface area contributed by atoms with Gasteiger partial charge in [0, 0.05) is 23.8 Å². The van der Waals surface area contributed by atoms with Crippen molar-refractivity contribution in [1.82, 2.24) is 0 Å². The molecule has 1 heterocycles. The Morgan fingerprint density at radius 1 is 1.24 bits per heavy atom. The van der Waals surface area contributed by atoms with Crippen LogP contribution in [0.15, 0.2) is 29.3 Å². The highest BCUT2D eigenvalue weighted by Gasteiger charge is 2.28. The van der Waals surface area contributed by atoms with Gasteiger partial charge in [0.1, 0.15) is 5.84 Å². The molecule has 0 aromatic heterocycles. The van der Waals surface area contributed by atoms with Gasteiger partial charge in [0.15, 0.2) is 0 Å². The normalized spacial score (nSPS) is 20.9. The van der Waals surface area contributed by atoms with Gasteiger partial charge in [0.2, 0.25) is 0 Å². The first-order valence-electron chi connectivity index (χ1n) is 6.52. The van der Waals surface area contributed by atoms with Crippen molar-refractivity contribution in [2.45, 2.75) is 25.7 Å². The summed E-state index contributed by atoms with van der Waals surface area (Å²) in [4.78, 5) is 7.06. The van der Waals surface area contributed by atoms with Crippen LogP contribution in [0.2, 0.25) is 0 Å². The summed E-state index contributed by atoms with van der Waals surface area (Å²) < 4.78 is 0. The van der Waals surface area contributed by atoms with Gasteiger partial charge in [0.05, 0.1) is 6.54 Å². The van der Waals surface area contributed by atoms with E-state index < -0.39 is 0 Å². The average Bonchev–Trinajstić information content (AvgIpc) is 3.00. The Morgan fingerprint density at radius 3 is 2.82 bits per heavy atom. The van der Waals surface area contributed by atoms with E-state index in [9.17, 15) is 0 Å². The molecule has 3 nitrogen and oxygen atoms in total. The molecule has 3 heteroatoms. The van der Waals surface area contributed by atoms with Crippen LogP contribution in [0, 0.1) is 5.92 Å². The van der Waals surface area contributed by atoms with E-state index in [1.54, 1.807) is 0 Å². The van der Waals surface area contributed by atoms with Crippen LogP contribution in [0.1, 0.15) is 25.7 Å². The smallest absolute Gasteiger partial charge is 0.107 e. The molecule has 0 bridgehead atoms. The second-order valence-corrected chi connectivity index (χ2v) is 4.97. The van der Waals surface area contributed by atoms with Crippen molar-refractivity contribution in [2.24, 2.45) is 10.9 Å². The Kier molecular flexibility index (Phi) is 2.75. The second-order valence-electron chi connectivity index (χ2n) is 4.97. The number of anilines is 2. The fraction of sp³-hybridized carbons (Fsp3) is 0.500. The maximum Gasteiger partial charge on any atom is 0.107 e. The van der Waals surface area contributed by atoms with Crippen LogP contribution in [0.5, 0.6) is 0 Å². The first kappa shape index (κ1) is 10.6. The van der Waals surface area contributed by atoms with E-state index in [1.165, 1.54) is 37.2 Å². The van der Waals surface area contributed by atoms with Crippen LogP contribution >= 0.6 is 0 Å². The Morgan fingerprint density at radius 2 is 2.06 bits per heavy atom. The molecule has 1 aromatic rings. The van der Waals surface area contributed by atoms with Gasteiger partial charge in [0.25, 0.3) is 0 Å². The minimum atomic E-state index is 0.680. The number of nitrogen functional groups attached to an aromatic ring is 1. The predicted molar refractivity (Wildman–Crippen MR) is 72.5 cm³/mol. The zero-order chi connectivity index (χ0) is 11.7. The zero-order valence-corrected chi connectivity index (χ0v) is 10.1. The third kappa shape index (κ3) is 2.02. The Bertz CT molecular complexity index is 433. The topological polar surface area (TPSA) is 41.6 Å². The number of rotatable bonds is 2. The molecule has 1 aromatic carbocycles. The molecule has 2 aliphatic rings. The van der Waals surface area contributed by atoms with E-state index in [2.05, 4.69) is 17.0 Å². The molecule has 1 aliphatic heterocycles. The minimum Gasteiger partial charge on any atom is -0.399 e. The number of amidine groups is 1. The second kappa shape index (κ2) is 4.40. The molecule has 2 N–H and O–H groups in total. The summed E-state index contributed by atoms with van der Waals surface area (Å²) in [5.74, 6) is 1.98. The standard InChI is InChI=1S/C14H19N3/c15-12-6-3-7-13(10-12)17-9-8-16-14(17)11-4-1-2-5-11/h3,6-7,10-11H,1-2,4-5,8-9,15H2. The van der Waals surface area contributed by atoms with E-state index in [4.69, 9.17) is 10.7 Å². The molecule has 17 heavy (non-hydrogen) atoms. The molecule has 0 amide bonds. The fourth-order valence-electron chi connectivity index (χ4n) is 2.95. The Balaban J connectivity index is 1.85. The summed E-state index contributed by atoms with van der Waals surface area (Å²) in [7, 11) is 0. The number of hydrogen-bond acceptors (Lipinski definition) is 3. The zero-order valence-electron chi connectivity index (χ0n) is 10.1. The monoisotopic (exact) mass is 229 g/mol. The summed E-state index contributed by atoms with van der Waals surface area (Å²) in [5, 5.41) is 0. The van der Waals surface area contributed by atoms with Crippen molar-refractivity contribution < 1.29 is 0 Å². The van der Waals surface area contributed by atoms with Crippen molar-refractivity contribution in [3.63, 3.8) is 0 Å². The van der Waals surface area contributed by atoms with Gasteiger partial charge in [-0.15, -0.1) is 0 Å². The molecule has 1 fully saturated rings. The molecule has 0 radical (unpaired) electrons. The van der Waals surface area contributed by atoms with E-state index in [-0.39, 0.29) is 0 Å². The van der Waals surface area contributed by atoms with Gasteiger partial charge in [-0.05, 0) is 31.0 Å². The quantitative estimate of drug-likeness (QED) is 0.792. The van der Waals surface area contributed by atoms with Crippen LogP contribution in [0.4, 0.5) is 11.4 Å². The minimum absolute atomic E-state index is 0.680. The average molecular weight is 229 g/mol. The Labute approximate surface area is 102 Å². The highest BCUT2D eigenvalue weighted by molar-refractivity contribution is 6.01. The lowest BCUT2D eigenvalue weighted by Crippen LogP contribution is -2.32. The van der Waals surface area contributed by atoms with Gasteiger partial charge in [-0.1, -0.05) is 18.9 Å². The molecule has 0 saturated heterocycles. The van der Waals surface area contributed by atoms with Crippen LogP contribution < -0.4 is 10.6 Å². The molecule has 3 rings (SSSR count). The van der Waals surface area contributed by atoms with Crippen molar-refractivity contribution in [3.05, 3.63) is 24.3 Å².